The number of halogens is 1. The van der Waals surface area contributed by atoms with Crippen molar-refractivity contribution < 1.29 is 31.8 Å². The lowest BCUT2D eigenvalue weighted by Crippen LogP contribution is -2.27. The molecule has 0 saturated carbocycles. The molecule has 2 rings (SSSR count). The molecule has 2 aromatic rings. The molecule has 8 nitrogen and oxygen atoms in total. The average molecular weight is 412 g/mol. The SMILES string of the molecule is COc1cc(NC(=O)CCNS(=O)(=O)c2ccc(F)cc2)cc(OC)c1OC. The van der Waals surface area contributed by atoms with Crippen LogP contribution in [0.5, 0.6) is 17.2 Å². The van der Waals surface area contributed by atoms with Crippen molar-refractivity contribution in [3.8, 4) is 17.2 Å². The molecule has 10 heteroatoms. The molecule has 0 aliphatic carbocycles. The highest BCUT2D eigenvalue weighted by Crippen LogP contribution is 2.39. The molecule has 0 aliphatic rings. The zero-order valence-corrected chi connectivity index (χ0v) is 16.4. The van der Waals surface area contributed by atoms with E-state index in [9.17, 15) is 17.6 Å². The fourth-order valence-corrected chi connectivity index (χ4v) is 3.40. The Labute approximate surface area is 162 Å². The van der Waals surface area contributed by atoms with Gasteiger partial charge < -0.3 is 19.5 Å². The van der Waals surface area contributed by atoms with Crippen LogP contribution in [-0.4, -0.2) is 42.2 Å². The molecule has 0 saturated heterocycles. The van der Waals surface area contributed by atoms with Crippen molar-refractivity contribution in [3.63, 3.8) is 0 Å². The minimum Gasteiger partial charge on any atom is -0.493 e. The van der Waals surface area contributed by atoms with Gasteiger partial charge in [-0.2, -0.15) is 0 Å². The summed E-state index contributed by atoms with van der Waals surface area (Å²) in [4.78, 5) is 12.0. The quantitative estimate of drug-likeness (QED) is 0.654. The largest absolute Gasteiger partial charge is 0.493 e. The van der Waals surface area contributed by atoms with Crippen LogP contribution in [0.4, 0.5) is 10.1 Å². The van der Waals surface area contributed by atoms with Gasteiger partial charge in [0.05, 0.1) is 26.2 Å². The zero-order chi connectivity index (χ0) is 20.7. The summed E-state index contributed by atoms with van der Waals surface area (Å²) in [6.07, 6.45) is -0.114. The number of carbonyl (C=O) groups is 1. The zero-order valence-electron chi connectivity index (χ0n) is 15.6. The first-order chi connectivity index (χ1) is 13.3. The van der Waals surface area contributed by atoms with Crippen LogP contribution in [-0.2, 0) is 14.8 Å². The van der Waals surface area contributed by atoms with E-state index < -0.39 is 21.7 Å². The summed E-state index contributed by atoms with van der Waals surface area (Å²) >= 11 is 0. The average Bonchev–Trinajstić information content (AvgIpc) is 2.67. The number of sulfonamides is 1. The number of nitrogens with one attached hydrogen (secondary N) is 2. The molecule has 2 aromatic carbocycles. The summed E-state index contributed by atoms with van der Waals surface area (Å²) < 4.78 is 55.0. The van der Waals surface area contributed by atoms with Crippen molar-refractivity contribution in [1.82, 2.24) is 4.72 Å². The van der Waals surface area contributed by atoms with E-state index >= 15 is 0 Å². The first-order valence-corrected chi connectivity index (χ1v) is 9.64. The third kappa shape index (κ3) is 5.33. The van der Waals surface area contributed by atoms with Crippen LogP contribution < -0.4 is 24.2 Å². The third-order valence-electron chi connectivity index (χ3n) is 3.72. The van der Waals surface area contributed by atoms with E-state index in [4.69, 9.17) is 14.2 Å². The predicted molar refractivity (Wildman–Crippen MR) is 101 cm³/mol. The van der Waals surface area contributed by atoms with Gasteiger partial charge in [0.15, 0.2) is 11.5 Å². The Hall–Kier alpha value is -2.85. The minimum atomic E-state index is -3.83. The third-order valence-corrected chi connectivity index (χ3v) is 5.19. The summed E-state index contributed by atoms with van der Waals surface area (Å²) in [6.45, 7) is -0.129. The molecule has 152 valence electrons. The summed E-state index contributed by atoms with van der Waals surface area (Å²) in [5, 5.41) is 2.64. The lowest BCUT2D eigenvalue weighted by molar-refractivity contribution is -0.116. The van der Waals surface area contributed by atoms with E-state index in [1.807, 2.05) is 0 Å². The number of hydrogen-bond acceptors (Lipinski definition) is 6. The molecule has 0 aromatic heterocycles. The molecule has 0 atom stereocenters. The Morgan fingerprint density at radius 2 is 1.57 bits per heavy atom. The van der Waals surface area contributed by atoms with Crippen LogP contribution in [0, 0.1) is 5.82 Å². The number of hydrogen-bond donors (Lipinski definition) is 2. The van der Waals surface area contributed by atoms with Crippen LogP contribution in [0.15, 0.2) is 41.3 Å². The summed E-state index contributed by atoms with van der Waals surface area (Å²) in [6, 6.07) is 7.50. The molecule has 0 spiro atoms. The van der Waals surface area contributed by atoms with Crippen molar-refractivity contribution >= 4 is 21.6 Å². The van der Waals surface area contributed by atoms with E-state index in [-0.39, 0.29) is 17.9 Å². The molecule has 0 heterocycles. The van der Waals surface area contributed by atoms with E-state index in [0.29, 0.717) is 22.9 Å². The van der Waals surface area contributed by atoms with Crippen LogP contribution in [0.2, 0.25) is 0 Å². The van der Waals surface area contributed by atoms with Crippen molar-refractivity contribution in [2.45, 2.75) is 11.3 Å². The van der Waals surface area contributed by atoms with E-state index in [1.165, 1.54) is 21.3 Å². The molecule has 0 radical (unpaired) electrons. The second-order valence-electron chi connectivity index (χ2n) is 5.56. The molecular formula is C18H21FN2O6S. The monoisotopic (exact) mass is 412 g/mol. The maximum atomic E-state index is 12.9. The smallest absolute Gasteiger partial charge is 0.240 e. The maximum Gasteiger partial charge on any atom is 0.240 e. The first kappa shape index (κ1) is 21.5. The number of methoxy groups -OCH3 is 3. The predicted octanol–water partition coefficient (Wildman–Crippen LogP) is 2.16. The second kappa shape index (κ2) is 9.38. The van der Waals surface area contributed by atoms with Gasteiger partial charge >= 0.3 is 0 Å². The standard InChI is InChI=1S/C18H21FN2O6S/c1-25-15-10-13(11-16(26-2)18(15)27-3)21-17(22)8-9-20-28(23,24)14-6-4-12(19)5-7-14/h4-7,10-11,20H,8-9H2,1-3H3,(H,21,22). The number of anilines is 1. The number of carbonyl (C=O) groups excluding carboxylic acids is 1. The Bertz CT molecular complexity index is 907. The van der Waals surface area contributed by atoms with Gasteiger partial charge in [-0.25, -0.2) is 17.5 Å². The summed E-state index contributed by atoms with van der Waals surface area (Å²) in [5.41, 5.74) is 0.404. The lowest BCUT2D eigenvalue weighted by Gasteiger charge is -2.14. The van der Waals surface area contributed by atoms with Crippen LogP contribution in [0.25, 0.3) is 0 Å². The molecule has 2 N–H and O–H groups in total. The van der Waals surface area contributed by atoms with Crippen molar-refractivity contribution in [2.24, 2.45) is 0 Å². The molecule has 0 aliphatic heterocycles. The lowest BCUT2D eigenvalue weighted by atomic mass is 10.2. The van der Waals surface area contributed by atoms with Crippen LogP contribution in [0.3, 0.4) is 0 Å². The molecule has 0 fully saturated rings. The van der Waals surface area contributed by atoms with E-state index in [0.717, 1.165) is 24.3 Å². The topological polar surface area (TPSA) is 103 Å². The molecule has 1 amide bonds. The number of rotatable bonds is 9. The van der Waals surface area contributed by atoms with Gasteiger partial charge in [-0.05, 0) is 24.3 Å². The summed E-state index contributed by atoms with van der Waals surface area (Å²) in [5.74, 6) is 0.165. The Morgan fingerprint density at radius 3 is 2.07 bits per heavy atom. The van der Waals surface area contributed by atoms with Gasteiger partial charge in [-0.3, -0.25) is 4.79 Å². The number of amides is 1. The van der Waals surface area contributed by atoms with Gasteiger partial charge in [0.1, 0.15) is 5.82 Å². The maximum absolute atomic E-state index is 12.9. The van der Waals surface area contributed by atoms with Gasteiger partial charge in [-0.1, -0.05) is 0 Å². The number of ether oxygens (including phenoxy) is 3. The van der Waals surface area contributed by atoms with Crippen LogP contribution >= 0.6 is 0 Å². The highest BCUT2D eigenvalue weighted by Gasteiger charge is 2.16. The molecular weight excluding hydrogens is 391 g/mol. The van der Waals surface area contributed by atoms with Gasteiger partial charge in [0.2, 0.25) is 21.7 Å². The van der Waals surface area contributed by atoms with Gasteiger partial charge in [0, 0.05) is 30.8 Å². The Morgan fingerprint density at radius 1 is 1.00 bits per heavy atom. The van der Waals surface area contributed by atoms with Crippen LogP contribution in [0.1, 0.15) is 6.42 Å². The highest BCUT2D eigenvalue weighted by molar-refractivity contribution is 7.89. The van der Waals surface area contributed by atoms with E-state index in [1.54, 1.807) is 12.1 Å². The van der Waals surface area contributed by atoms with Gasteiger partial charge in [-0.15, -0.1) is 0 Å². The number of benzene rings is 2. The molecule has 0 unspecified atom stereocenters. The second-order valence-corrected chi connectivity index (χ2v) is 7.33. The molecule has 28 heavy (non-hydrogen) atoms. The molecule has 0 bridgehead atoms. The van der Waals surface area contributed by atoms with Crippen molar-refractivity contribution in [2.75, 3.05) is 33.2 Å². The normalized spacial score (nSPS) is 11.0. The summed E-state index contributed by atoms with van der Waals surface area (Å²) in [7, 11) is 0.538. The minimum absolute atomic E-state index is 0.0843. The first-order valence-electron chi connectivity index (χ1n) is 8.15. The van der Waals surface area contributed by atoms with E-state index in [2.05, 4.69) is 10.0 Å². The fourth-order valence-electron chi connectivity index (χ4n) is 2.37. The Balaban J connectivity index is 1.98. The van der Waals surface area contributed by atoms with Crippen molar-refractivity contribution in [1.29, 1.82) is 0 Å². The highest BCUT2D eigenvalue weighted by atomic mass is 32.2. The Kier molecular flexibility index (Phi) is 7.18. The van der Waals surface area contributed by atoms with Crippen molar-refractivity contribution in [3.05, 3.63) is 42.2 Å². The fraction of sp³-hybridized carbons (Fsp3) is 0.278. The van der Waals surface area contributed by atoms with Gasteiger partial charge in [0.25, 0.3) is 0 Å².